The minimum atomic E-state index is -1.58. The van der Waals surface area contributed by atoms with Gasteiger partial charge in [-0.3, -0.25) is 0 Å². The van der Waals surface area contributed by atoms with Crippen molar-refractivity contribution in [3.63, 3.8) is 0 Å². The number of carbonyl (C=O) groups is 1. The molecule has 98 valence electrons. The Morgan fingerprint density at radius 3 is 2.50 bits per heavy atom. The summed E-state index contributed by atoms with van der Waals surface area (Å²) in [6.45, 7) is 0.919. The largest absolute Gasteiger partial charge is 0.477 e. The van der Waals surface area contributed by atoms with Crippen LogP contribution in [-0.4, -0.2) is 23.7 Å². The van der Waals surface area contributed by atoms with Gasteiger partial charge < -0.3 is 10.4 Å². The Kier molecular flexibility index (Phi) is 3.91. The molecule has 1 aliphatic rings. The van der Waals surface area contributed by atoms with Crippen LogP contribution in [0.3, 0.4) is 0 Å². The van der Waals surface area contributed by atoms with Crippen molar-refractivity contribution in [1.29, 1.82) is 0 Å². The van der Waals surface area contributed by atoms with Crippen molar-refractivity contribution in [1.82, 2.24) is 5.32 Å². The second-order valence-electron chi connectivity index (χ2n) is 4.59. The third kappa shape index (κ3) is 2.85. The average molecular weight is 255 g/mol. The van der Waals surface area contributed by atoms with Crippen LogP contribution in [0.2, 0.25) is 0 Å². The van der Waals surface area contributed by atoms with E-state index in [9.17, 15) is 13.6 Å². The van der Waals surface area contributed by atoms with E-state index in [0.29, 0.717) is 12.0 Å². The van der Waals surface area contributed by atoms with E-state index in [0.717, 1.165) is 37.9 Å². The fraction of sp³-hybridized carbons (Fsp3) is 0.462. The summed E-state index contributed by atoms with van der Waals surface area (Å²) in [6.07, 6.45) is 3.73. The molecule has 18 heavy (non-hydrogen) atoms. The van der Waals surface area contributed by atoms with Crippen molar-refractivity contribution < 1.29 is 18.7 Å². The second-order valence-corrected chi connectivity index (χ2v) is 4.59. The van der Waals surface area contributed by atoms with E-state index < -0.39 is 23.2 Å². The quantitative estimate of drug-likeness (QED) is 0.871. The Bertz CT molecular complexity index is 433. The minimum Gasteiger partial charge on any atom is -0.477 e. The summed E-state index contributed by atoms with van der Waals surface area (Å²) in [7, 11) is 0. The van der Waals surface area contributed by atoms with E-state index in [1.165, 1.54) is 0 Å². The first kappa shape index (κ1) is 13.0. The molecule has 3 nitrogen and oxygen atoms in total. The van der Waals surface area contributed by atoms with Crippen molar-refractivity contribution in [2.24, 2.45) is 0 Å². The van der Waals surface area contributed by atoms with Gasteiger partial charge in [0.2, 0.25) is 0 Å². The van der Waals surface area contributed by atoms with Crippen molar-refractivity contribution in [3.05, 3.63) is 34.9 Å². The molecule has 0 aromatic heterocycles. The van der Waals surface area contributed by atoms with E-state index in [1.807, 2.05) is 0 Å². The fourth-order valence-electron chi connectivity index (χ4n) is 2.33. The van der Waals surface area contributed by atoms with Gasteiger partial charge in [-0.05, 0) is 43.5 Å². The van der Waals surface area contributed by atoms with Crippen LogP contribution in [0, 0.1) is 11.6 Å². The SMILES string of the molecule is O=C(O)c1c(F)cc(CC2CCCCN2)cc1F. The number of carboxylic acid groups (broad SMARTS) is 1. The molecule has 1 aromatic carbocycles. The molecule has 0 radical (unpaired) electrons. The van der Waals surface area contributed by atoms with Crippen LogP contribution >= 0.6 is 0 Å². The van der Waals surface area contributed by atoms with Gasteiger partial charge in [-0.15, -0.1) is 0 Å². The van der Waals surface area contributed by atoms with Gasteiger partial charge >= 0.3 is 5.97 Å². The van der Waals surface area contributed by atoms with E-state index in [1.54, 1.807) is 0 Å². The highest BCUT2D eigenvalue weighted by atomic mass is 19.1. The second kappa shape index (κ2) is 5.44. The van der Waals surface area contributed by atoms with Crippen LogP contribution in [0.25, 0.3) is 0 Å². The van der Waals surface area contributed by atoms with Crippen LogP contribution < -0.4 is 5.32 Å². The molecule has 2 rings (SSSR count). The molecule has 1 saturated heterocycles. The molecule has 0 bridgehead atoms. The van der Waals surface area contributed by atoms with Crippen molar-refractivity contribution in [2.45, 2.75) is 31.7 Å². The van der Waals surface area contributed by atoms with Gasteiger partial charge in [0, 0.05) is 6.04 Å². The first-order valence-corrected chi connectivity index (χ1v) is 6.02. The van der Waals surface area contributed by atoms with E-state index >= 15 is 0 Å². The number of hydrogen-bond donors (Lipinski definition) is 2. The zero-order valence-electron chi connectivity index (χ0n) is 9.88. The number of benzene rings is 1. The lowest BCUT2D eigenvalue weighted by Crippen LogP contribution is -2.35. The number of hydrogen-bond acceptors (Lipinski definition) is 2. The summed E-state index contributed by atoms with van der Waals surface area (Å²) in [5.74, 6) is -3.59. The molecule has 1 aliphatic heterocycles. The third-order valence-corrected chi connectivity index (χ3v) is 3.21. The predicted octanol–water partition coefficient (Wildman–Crippen LogP) is 2.35. The number of nitrogens with one attached hydrogen (secondary N) is 1. The number of rotatable bonds is 3. The maximum atomic E-state index is 13.5. The molecule has 1 unspecified atom stereocenters. The lowest BCUT2D eigenvalue weighted by atomic mass is 9.97. The van der Waals surface area contributed by atoms with E-state index in [2.05, 4.69) is 5.32 Å². The molecule has 5 heteroatoms. The van der Waals surface area contributed by atoms with Gasteiger partial charge in [0.1, 0.15) is 17.2 Å². The Balaban J connectivity index is 2.17. The summed E-state index contributed by atoms with van der Waals surface area (Å²) < 4.78 is 26.9. The lowest BCUT2D eigenvalue weighted by molar-refractivity contribution is 0.0686. The number of piperidine rings is 1. The Morgan fingerprint density at radius 1 is 1.33 bits per heavy atom. The summed E-state index contributed by atoms with van der Waals surface area (Å²) in [5, 5.41) is 11.9. The maximum Gasteiger partial charge on any atom is 0.341 e. The summed E-state index contributed by atoms with van der Waals surface area (Å²) in [5.41, 5.74) is -0.384. The topological polar surface area (TPSA) is 49.3 Å². The Morgan fingerprint density at radius 2 is 2.00 bits per heavy atom. The Labute approximate surface area is 104 Å². The fourth-order valence-corrected chi connectivity index (χ4v) is 2.33. The van der Waals surface area contributed by atoms with Crippen LogP contribution in [0.1, 0.15) is 35.2 Å². The lowest BCUT2D eigenvalue weighted by Gasteiger charge is -2.23. The van der Waals surface area contributed by atoms with Gasteiger partial charge in [-0.2, -0.15) is 0 Å². The molecule has 1 aromatic rings. The van der Waals surface area contributed by atoms with Crippen molar-refractivity contribution >= 4 is 5.97 Å². The molecule has 0 saturated carbocycles. The third-order valence-electron chi connectivity index (χ3n) is 3.21. The predicted molar refractivity (Wildman–Crippen MR) is 62.7 cm³/mol. The molecule has 1 atom stereocenters. The molecule has 0 aliphatic carbocycles. The van der Waals surface area contributed by atoms with Crippen molar-refractivity contribution in [2.75, 3.05) is 6.54 Å². The highest BCUT2D eigenvalue weighted by Gasteiger charge is 2.19. The van der Waals surface area contributed by atoms with Crippen LogP contribution in [-0.2, 0) is 6.42 Å². The highest BCUT2D eigenvalue weighted by molar-refractivity contribution is 5.88. The summed E-state index contributed by atoms with van der Waals surface area (Å²) >= 11 is 0. The van der Waals surface area contributed by atoms with Gasteiger partial charge in [0.15, 0.2) is 0 Å². The van der Waals surface area contributed by atoms with E-state index in [-0.39, 0.29) is 6.04 Å². The van der Waals surface area contributed by atoms with Crippen LogP contribution in [0.15, 0.2) is 12.1 Å². The molecule has 0 spiro atoms. The van der Waals surface area contributed by atoms with Crippen molar-refractivity contribution in [3.8, 4) is 0 Å². The van der Waals surface area contributed by atoms with E-state index in [4.69, 9.17) is 5.11 Å². The standard InChI is InChI=1S/C13H15F2NO2/c14-10-6-8(5-9-3-1-2-4-16-9)7-11(15)12(10)13(17)18/h6-7,9,16H,1-5H2,(H,17,18). The average Bonchev–Trinajstić information content (AvgIpc) is 2.28. The number of carboxylic acids is 1. The monoisotopic (exact) mass is 255 g/mol. The maximum absolute atomic E-state index is 13.5. The molecule has 1 fully saturated rings. The smallest absolute Gasteiger partial charge is 0.341 e. The van der Waals surface area contributed by atoms with Gasteiger partial charge in [-0.1, -0.05) is 6.42 Å². The minimum absolute atomic E-state index is 0.216. The highest BCUT2D eigenvalue weighted by Crippen LogP contribution is 2.19. The Hall–Kier alpha value is -1.49. The van der Waals surface area contributed by atoms with Gasteiger partial charge in [0.05, 0.1) is 0 Å². The summed E-state index contributed by atoms with van der Waals surface area (Å²) in [6, 6.07) is 2.44. The normalized spacial score (nSPS) is 19.8. The van der Waals surface area contributed by atoms with Gasteiger partial charge in [-0.25, -0.2) is 13.6 Å². The molecule has 1 heterocycles. The molecular weight excluding hydrogens is 240 g/mol. The first-order chi connectivity index (χ1) is 8.58. The number of halogens is 2. The number of aromatic carboxylic acids is 1. The first-order valence-electron chi connectivity index (χ1n) is 6.02. The molecule has 2 N–H and O–H groups in total. The zero-order chi connectivity index (χ0) is 13.1. The molecule has 0 amide bonds. The van der Waals surface area contributed by atoms with Gasteiger partial charge in [0.25, 0.3) is 0 Å². The summed E-state index contributed by atoms with van der Waals surface area (Å²) in [4.78, 5) is 10.7. The van der Waals surface area contributed by atoms with Crippen LogP contribution in [0.4, 0.5) is 8.78 Å². The zero-order valence-corrected chi connectivity index (χ0v) is 9.88. The van der Waals surface area contributed by atoms with Crippen LogP contribution in [0.5, 0.6) is 0 Å². The molecular formula is C13H15F2NO2.